The van der Waals surface area contributed by atoms with Crippen molar-refractivity contribution in [2.75, 3.05) is 25.6 Å². The molecule has 0 bridgehead atoms. The number of ether oxygens (including phenoxy) is 2. The van der Waals surface area contributed by atoms with Crippen LogP contribution in [0.1, 0.15) is 90.9 Å². The third-order valence-corrected chi connectivity index (χ3v) is 5.24. The minimum atomic E-state index is -4.15. The first-order chi connectivity index (χ1) is 13.4. The van der Waals surface area contributed by atoms with Crippen LogP contribution in [0.5, 0.6) is 0 Å². The Kier molecular flexibility index (Phi) is 22.6. The maximum absolute atomic E-state index is 11.7. The summed E-state index contributed by atoms with van der Waals surface area (Å²) in [5.41, 5.74) is 0. The van der Waals surface area contributed by atoms with Crippen molar-refractivity contribution < 1.29 is 61.2 Å². The van der Waals surface area contributed by atoms with Gasteiger partial charge in [-0.2, -0.15) is 8.42 Å². The molecule has 0 unspecified atom stereocenters. The number of unbranched alkanes of at least 4 members (excludes halogenated alkanes) is 10. The van der Waals surface area contributed by atoms with Crippen LogP contribution in [0.15, 0.2) is 0 Å². The quantitative estimate of drug-likeness (QED) is 0.127. The zero-order valence-electron chi connectivity index (χ0n) is 18.6. The molecular weight excluding hydrogens is 407 g/mol. The molecule has 0 saturated heterocycles. The Bertz CT molecular complexity index is 509. The average molecular weight is 446 g/mol. The van der Waals surface area contributed by atoms with E-state index in [-0.39, 0.29) is 42.8 Å². The van der Waals surface area contributed by atoms with Crippen LogP contribution in [0.25, 0.3) is 0 Å². The van der Waals surface area contributed by atoms with E-state index in [0.29, 0.717) is 6.42 Å². The minimum Gasteiger partial charge on any atom is -0.465 e. The summed E-state index contributed by atoms with van der Waals surface area (Å²) >= 11 is 0. The summed E-state index contributed by atoms with van der Waals surface area (Å²) in [5.74, 6) is -2.51. The second kappa shape index (κ2) is 21.1. The molecule has 0 fully saturated rings. The van der Waals surface area contributed by atoms with Crippen molar-refractivity contribution >= 4 is 22.1 Å². The Labute approximate surface area is 199 Å². The molecule has 0 N–H and O–H groups in total. The van der Waals surface area contributed by atoms with Gasteiger partial charge in [-0.15, -0.1) is 0 Å². The van der Waals surface area contributed by atoms with Crippen molar-refractivity contribution in [3.63, 3.8) is 0 Å². The number of carbonyl (C=O) groups excluding carboxylic acids is 2. The average Bonchev–Trinajstić information content (AvgIpc) is 2.64. The molecule has 0 radical (unpaired) electrons. The number of carbonyl (C=O) groups is 2. The van der Waals surface area contributed by atoms with Crippen LogP contribution in [0.2, 0.25) is 0 Å². The van der Waals surface area contributed by atoms with E-state index < -0.39 is 34.4 Å². The molecule has 0 saturated carbocycles. The molecule has 0 amide bonds. The summed E-state index contributed by atoms with van der Waals surface area (Å²) in [5, 5.41) is 0. The van der Waals surface area contributed by atoms with Gasteiger partial charge in [-0.05, 0) is 12.8 Å². The summed E-state index contributed by atoms with van der Waals surface area (Å²) in [6, 6.07) is 0. The molecule has 0 heterocycles. The molecule has 0 aliphatic carbocycles. The van der Waals surface area contributed by atoms with E-state index in [9.17, 15) is 18.0 Å². The fraction of sp³-hybridized carbons (Fsp3) is 0.900. The molecule has 166 valence electrons. The maximum atomic E-state index is 11.7. The molecular formula is C20H38NaO7S+. The predicted octanol–water partition coefficient (Wildman–Crippen LogP) is 1.14. The van der Waals surface area contributed by atoms with Crippen LogP contribution in [0.3, 0.4) is 0 Å². The van der Waals surface area contributed by atoms with Gasteiger partial charge in [0.2, 0.25) is 0 Å². The molecule has 0 spiro atoms. The Morgan fingerprint density at radius 2 is 1.07 bits per heavy atom. The Balaban J connectivity index is 0. The van der Waals surface area contributed by atoms with Gasteiger partial charge < -0.3 is 9.47 Å². The first-order valence-electron chi connectivity index (χ1n) is 10.6. The molecule has 29 heavy (non-hydrogen) atoms. The predicted molar refractivity (Wildman–Crippen MR) is 108 cm³/mol. The monoisotopic (exact) mass is 445 g/mol. The van der Waals surface area contributed by atoms with Crippen molar-refractivity contribution in [3.8, 4) is 0 Å². The fourth-order valence-electron chi connectivity index (χ4n) is 2.54. The summed E-state index contributed by atoms with van der Waals surface area (Å²) in [6.07, 6.45) is 12.6. The molecule has 0 aromatic heterocycles. The van der Waals surface area contributed by atoms with Gasteiger partial charge in [-0.1, -0.05) is 78.1 Å². The summed E-state index contributed by atoms with van der Waals surface area (Å²) in [7, 11) is -4.15. The van der Waals surface area contributed by atoms with Crippen molar-refractivity contribution in [1.82, 2.24) is 0 Å². The van der Waals surface area contributed by atoms with E-state index in [2.05, 4.69) is 18.0 Å². The number of hydrogen-bond acceptors (Lipinski definition) is 7. The van der Waals surface area contributed by atoms with E-state index >= 15 is 0 Å². The summed E-state index contributed by atoms with van der Waals surface area (Å²) in [4.78, 5) is 23.1. The van der Waals surface area contributed by atoms with Crippen molar-refractivity contribution in [3.05, 3.63) is 0 Å². The van der Waals surface area contributed by atoms with Gasteiger partial charge in [-0.3, -0.25) is 8.98 Å². The van der Waals surface area contributed by atoms with Crippen molar-refractivity contribution in [1.29, 1.82) is 0 Å². The second-order valence-electron chi connectivity index (χ2n) is 6.94. The minimum absolute atomic E-state index is 0. The molecule has 0 aliphatic rings. The molecule has 0 aromatic rings. The van der Waals surface area contributed by atoms with Gasteiger partial charge in [0.1, 0.15) is 0 Å². The molecule has 7 nitrogen and oxygen atoms in total. The summed E-state index contributed by atoms with van der Waals surface area (Å²) in [6.45, 7) is 4.00. The number of esters is 2. The van der Waals surface area contributed by atoms with Gasteiger partial charge in [0.25, 0.3) is 10.1 Å². The van der Waals surface area contributed by atoms with Crippen LogP contribution in [0, 0.1) is 0 Å². The molecule has 9 heteroatoms. The first-order valence-corrected chi connectivity index (χ1v) is 12.2. The van der Waals surface area contributed by atoms with E-state index in [1.165, 1.54) is 32.1 Å². The SMILES string of the molecule is CCCCCCCCOC(=O)COS(=O)(=O)CC(=O)OCCCCCCCC.[Na+]. The topological polar surface area (TPSA) is 96.0 Å². The molecule has 0 aliphatic heterocycles. The van der Waals surface area contributed by atoms with E-state index in [4.69, 9.17) is 9.47 Å². The summed E-state index contributed by atoms with van der Waals surface area (Å²) < 4.78 is 37.8. The first kappa shape index (κ1) is 31.0. The second-order valence-corrected chi connectivity index (χ2v) is 8.58. The standard InChI is InChI=1S/C20H38O7S.Na/c1-3-5-7-9-11-13-15-25-19(21)17-27-28(23,24)18-20(22)26-16-14-12-10-8-6-4-2;/h3-18H2,1-2H3;/q;+1. The van der Waals surface area contributed by atoms with Gasteiger partial charge in [0, 0.05) is 0 Å². The van der Waals surface area contributed by atoms with E-state index in [1.54, 1.807) is 0 Å². The maximum Gasteiger partial charge on any atom is 1.00 e. The molecule has 0 aromatic carbocycles. The van der Waals surface area contributed by atoms with Crippen LogP contribution < -0.4 is 29.6 Å². The molecule has 0 rings (SSSR count). The van der Waals surface area contributed by atoms with Gasteiger partial charge >= 0.3 is 41.5 Å². The third-order valence-electron chi connectivity index (χ3n) is 4.17. The number of rotatable bonds is 19. The van der Waals surface area contributed by atoms with Crippen LogP contribution in [-0.4, -0.2) is 45.9 Å². The normalized spacial score (nSPS) is 11.0. The van der Waals surface area contributed by atoms with E-state index in [0.717, 1.165) is 38.5 Å². The number of hydrogen-bond donors (Lipinski definition) is 0. The molecule has 0 atom stereocenters. The fourth-order valence-corrected chi connectivity index (χ4v) is 3.28. The Hall–Kier alpha value is -0.150. The Morgan fingerprint density at radius 1 is 0.655 bits per heavy atom. The van der Waals surface area contributed by atoms with Crippen LogP contribution in [-0.2, 0) is 33.4 Å². The van der Waals surface area contributed by atoms with Gasteiger partial charge in [0.05, 0.1) is 13.2 Å². The zero-order chi connectivity index (χ0) is 21.1. The van der Waals surface area contributed by atoms with Crippen molar-refractivity contribution in [2.45, 2.75) is 90.9 Å². The zero-order valence-corrected chi connectivity index (χ0v) is 21.4. The van der Waals surface area contributed by atoms with Gasteiger partial charge in [-0.25, -0.2) is 4.79 Å². The smallest absolute Gasteiger partial charge is 0.465 e. The van der Waals surface area contributed by atoms with Crippen LogP contribution >= 0.6 is 0 Å². The Morgan fingerprint density at radius 3 is 1.55 bits per heavy atom. The van der Waals surface area contributed by atoms with Gasteiger partial charge in [0.15, 0.2) is 12.4 Å². The third kappa shape index (κ3) is 22.4. The van der Waals surface area contributed by atoms with E-state index in [1.807, 2.05) is 0 Å². The van der Waals surface area contributed by atoms with Crippen molar-refractivity contribution in [2.24, 2.45) is 0 Å². The largest absolute Gasteiger partial charge is 1.00 e. The van der Waals surface area contributed by atoms with Crippen LogP contribution in [0.4, 0.5) is 0 Å².